The van der Waals surface area contributed by atoms with Gasteiger partial charge in [0.15, 0.2) is 11.5 Å². The highest BCUT2D eigenvalue weighted by molar-refractivity contribution is 6.27. The van der Waals surface area contributed by atoms with Crippen molar-refractivity contribution in [2.24, 2.45) is 0 Å². The molecule has 2 N–H and O–H groups in total. The molecule has 1 saturated heterocycles. The minimum atomic E-state index is -1.82. The van der Waals surface area contributed by atoms with Crippen LogP contribution < -0.4 is 9.47 Å². The van der Waals surface area contributed by atoms with Crippen molar-refractivity contribution in [3.8, 4) is 11.5 Å². The van der Waals surface area contributed by atoms with Crippen molar-refractivity contribution in [1.29, 1.82) is 0 Å². The lowest BCUT2D eigenvalue weighted by Gasteiger charge is -2.34. The number of piperazine rings is 1. The van der Waals surface area contributed by atoms with Gasteiger partial charge in [-0.3, -0.25) is 9.80 Å². The summed E-state index contributed by atoms with van der Waals surface area (Å²) in [7, 11) is 0. The first kappa shape index (κ1) is 24.2. The average Bonchev–Trinajstić information content (AvgIpc) is 2.77. The van der Waals surface area contributed by atoms with E-state index < -0.39 is 11.9 Å². The molecule has 8 nitrogen and oxygen atoms in total. The Labute approximate surface area is 182 Å². The maximum absolute atomic E-state index is 9.10. The lowest BCUT2D eigenvalue weighted by atomic mass is 10.2. The molecular weight excluding hydrogens is 400 g/mol. The van der Waals surface area contributed by atoms with E-state index in [4.69, 9.17) is 29.3 Å². The van der Waals surface area contributed by atoms with Crippen molar-refractivity contribution in [2.45, 2.75) is 13.5 Å². The van der Waals surface area contributed by atoms with Crippen LogP contribution in [0, 0.1) is 0 Å². The van der Waals surface area contributed by atoms with Crippen molar-refractivity contribution in [3.63, 3.8) is 0 Å². The number of nitrogens with zero attached hydrogens (tertiary/aromatic N) is 2. The standard InChI is InChI=1S/C21H28N2O2.C2H2O4/c1-2-24-20-10-6-7-11-21(20)25-17-16-22-12-14-23(15-13-22)18-19-8-4-3-5-9-19;3-1(4)2(5)6/h3-11H,2,12-18H2,1H3;(H,3,4)(H,5,6). The summed E-state index contributed by atoms with van der Waals surface area (Å²) in [4.78, 5) is 23.2. The van der Waals surface area contributed by atoms with E-state index in [-0.39, 0.29) is 0 Å². The second kappa shape index (κ2) is 13.3. The van der Waals surface area contributed by atoms with Gasteiger partial charge >= 0.3 is 11.9 Å². The molecular formula is C23H30N2O6. The fourth-order valence-electron chi connectivity index (χ4n) is 3.14. The Morgan fingerprint density at radius 1 is 0.806 bits per heavy atom. The summed E-state index contributed by atoms with van der Waals surface area (Å²) >= 11 is 0. The quantitative estimate of drug-likeness (QED) is 0.616. The van der Waals surface area contributed by atoms with Crippen LogP contribution in [0.5, 0.6) is 11.5 Å². The highest BCUT2D eigenvalue weighted by atomic mass is 16.5. The van der Waals surface area contributed by atoms with E-state index >= 15 is 0 Å². The fourth-order valence-corrected chi connectivity index (χ4v) is 3.14. The SMILES string of the molecule is CCOc1ccccc1OCCN1CCN(Cc2ccccc2)CC1.O=C(O)C(=O)O. The summed E-state index contributed by atoms with van der Waals surface area (Å²) in [5, 5.41) is 14.8. The van der Waals surface area contributed by atoms with Gasteiger partial charge in [-0.25, -0.2) is 9.59 Å². The van der Waals surface area contributed by atoms with Crippen molar-refractivity contribution in [2.75, 3.05) is 45.9 Å². The summed E-state index contributed by atoms with van der Waals surface area (Å²) in [6, 6.07) is 18.6. The van der Waals surface area contributed by atoms with E-state index in [1.807, 2.05) is 31.2 Å². The first-order valence-electron chi connectivity index (χ1n) is 10.3. The molecule has 0 aliphatic carbocycles. The minimum Gasteiger partial charge on any atom is -0.490 e. The zero-order valence-corrected chi connectivity index (χ0v) is 17.8. The largest absolute Gasteiger partial charge is 0.490 e. The predicted octanol–water partition coefficient (Wildman–Crippen LogP) is 2.44. The molecule has 1 aliphatic rings. The minimum absolute atomic E-state index is 0.656. The molecule has 0 aromatic heterocycles. The van der Waals surface area contributed by atoms with Crippen LogP contribution in [0.4, 0.5) is 0 Å². The number of para-hydroxylation sites is 2. The third-order valence-electron chi connectivity index (χ3n) is 4.71. The number of carbonyl (C=O) groups is 2. The molecule has 8 heteroatoms. The van der Waals surface area contributed by atoms with Gasteiger partial charge in [-0.15, -0.1) is 0 Å². The van der Waals surface area contributed by atoms with Gasteiger partial charge in [0.2, 0.25) is 0 Å². The van der Waals surface area contributed by atoms with Crippen LogP contribution in [0.25, 0.3) is 0 Å². The lowest BCUT2D eigenvalue weighted by molar-refractivity contribution is -0.159. The molecule has 0 saturated carbocycles. The molecule has 0 spiro atoms. The Kier molecular flexibility index (Phi) is 10.3. The number of benzene rings is 2. The molecule has 0 bridgehead atoms. The van der Waals surface area contributed by atoms with Crippen LogP contribution in [0.1, 0.15) is 12.5 Å². The molecule has 1 heterocycles. The van der Waals surface area contributed by atoms with Crippen LogP contribution >= 0.6 is 0 Å². The van der Waals surface area contributed by atoms with Gasteiger partial charge in [0, 0.05) is 39.3 Å². The van der Waals surface area contributed by atoms with Gasteiger partial charge in [-0.05, 0) is 24.6 Å². The second-order valence-electron chi connectivity index (χ2n) is 6.94. The molecule has 1 fully saturated rings. The number of ether oxygens (including phenoxy) is 2. The molecule has 2 aromatic carbocycles. The summed E-state index contributed by atoms with van der Waals surface area (Å²) in [6.45, 7) is 9.78. The van der Waals surface area contributed by atoms with E-state index in [2.05, 4.69) is 40.1 Å². The highest BCUT2D eigenvalue weighted by Crippen LogP contribution is 2.26. The fraction of sp³-hybridized carbons (Fsp3) is 0.391. The number of rotatable bonds is 8. The molecule has 1 aliphatic heterocycles. The van der Waals surface area contributed by atoms with E-state index in [1.165, 1.54) is 5.56 Å². The Balaban J connectivity index is 0.000000501. The Bertz CT molecular complexity index is 795. The molecule has 2 aromatic rings. The molecule has 3 rings (SSSR count). The van der Waals surface area contributed by atoms with Crippen LogP contribution in [-0.4, -0.2) is 77.9 Å². The van der Waals surface area contributed by atoms with E-state index in [1.54, 1.807) is 0 Å². The lowest BCUT2D eigenvalue weighted by Crippen LogP contribution is -2.47. The molecule has 0 radical (unpaired) electrons. The van der Waals surface area contributed by atoms with Crippen LogP contribution in [0.3, 0.4) is 0 Å². The van der Waals surface area contributed by atoms with E-state index in [9.17, 15) is 0 Å². The Morgan fingerprint density at radius 2 is 1.32 bits per heavy atom. The van der Waals surface area contributed by atoms with Crippen LogP contribution in [0.2, 0.25) is 0 Å². The average molecular weight is 431 g/mol. The zero-order valence-electron chi connectivity index (χ0n) is 17.8. The number of aliphatic carboxylic acids is 2. The summed E-state index contributed by atoms with van der Waals surface area (Å²) < 4.78 is 11.5. The molecule has 0 unspecified atom stereocenters. The predicted molar refractivity (Wildman–Crippen MR) is 117 cm³/mol. The van der Waals surface area contributed by atoms with Gasteiger partial charge < -0.3 is 19.7 Å². The molecule has 168 valence electrons. The van der Waals surface area contributed by atoms with Gasteiger partial charge in [0.25, 0.3) is 0 Å². The van der Waals surface area contributed by atoms with Crippen molar-refractivity contribution in [1.82, 2.24) is 9.80 Å². The third-order valence-corrected chi connectivity index (χ3v) is 4.71. The van der Waals surface area contributed by atoms with Crippen LogP contribution in [-0.2, 0) is 16.1 Å². The number of hydrogen-bond donors (Lipinski definition) is 2. The van der Waals surface area contributed by atoms with Gasteiger partial charge in [-0.2, -0.15) is 0 Å². The summed E-state index contributed by atoms with van der Waals surface area (Å²) in [6.07, 6.45) is 0. The van der Waals surface area contributed by atoms with Crippen LogP contribution in [0.15, 0.2) is 54.6 Å². The highest BCUT2D eigenvalue weighted by Gasteiger charge is 2.17. The maximum Gasteiger partial charge on any atom is 0.414 e. The van der Waals surface area contributed by atoms with Crippen molar-refractivity contribution >= 4 is 11.9 Å². The number of hydrogen-bond acceptors (Lipinski definition) is 6. The van der Waals surface area contributed by atoms with Crippen molar-refractivity contribution in [3.05, 3.63) is 60.2 Å². The molecule has 0 atom stereocenters. The summed E-state index contributed by atoms with van der Waals surface area (Å²) in [5.74, 6) is -1.98. The first-order valence-corrected chi connectivity index (χ1v) is 10.3. The Hall–Kier alpha value is -3.10. The molecule has 0 amide bonds. The maximum atomic E-state index is 9.10. The van der Waals surface area contributed by atoms with Gasteiger partial charge in [0.05, 0.1) is 6.61 Å². The normalized spacial score (nSPS) is 14.2. The van der Waals surface area contributed by atoms with Gasteiger partial charge in [-0.1, -0.05) is 42.5 Å². The molecule has 31 heavy (non-hydrogen) atoms. The summed E-state index contributed by atoms with van der Waals surface area (Å²) in [5.41, 5.74) is 1.40. The third kappa shape index (κ3) is 9.06. The second-order valence-corrected chi connectivity index (χ2v) is 6.94. The smallest absolute Gasteiger partial charge is 0.414 e. The number of carboxylic acids is 2. The Morgan fingerprint density at radius 3 is 1.87 bits per heavy atom. The zero-order chi connectivity index (χ0) is 22.5. The van der Waals surface area contributed by atoms with E-state index in [0.29, 0.717) is 13.2 Å². The van der Waals surface area contributed by atoms with Gasteiger partial charge in [0.1, 0.15) is 6.61 Å². The van der Waals surface area contributed by atoms with Crippen molar-refractivity contribution < 1.29 is 29.3 Å². The number of carboxylic acid groups (broad SMARTS) is 2. The van der Waals surface area contributed by atoms with E-state index in [0.717, 1.165) is 50.8 Å². The monoisotopic (exact) mass is 430 g/mol. The first-order chi connectivity index (χ1) is 15.0. The topological polar surface area (TPSA) is 99.5 Å².